The first-order valence-electron chi connectivity index (χ1n) is 8.33. The van der Waals surface area contributed by atoms with E-state index in [1.165, 1.54) is 30.5 Å². The van der Waals surface area contributed by atoms with Gasteiger partial charge in [0.1, 0.15) is 0 Å². The first-order chi connectivity index (χ1) is 10.4. The maximum atomic E-state index is 6.04. The number of nitrogens with one attached hydrogen (secondary N) is 1. The van der Waals surface area contributed by atoms with Crippen LogP contribution in [0.15, 0.2) is 23.2 Å². The second-order valence-electron chi connectivity index (χ2n) is 6.82. The molecule has 0 saturated carbocycles. The molecule has 0 bridgehead atoms. The fraction of sp³-hybridized carbons (Fsp3) is 0.611. The molecule has 0 aliphatic carbocycles. The Balaban J connectivity index is 1.89. The number of guanidine groups is 1. The number of nitrogens with zero attached hydrogens (tertiary/aromatic N) is 2. The number of aliphatic imine (C=N–C) groups is 1. The van der Waals surface area contributed by atoms with Crippen molar-refractivity contribution in [3.8, 4) is 0 Å². The van der Waals surface area contributed by atoms with Gasteiger partial charge in [-0.05, 0) is 76.3 Å². The third-order valence-electron chi connectivity index (χ3n) is 4.29. The zero-order chi connectivity index (χ0) is 16.1. The summed E-state index contributed by atoms with van der Waals surface area (Å²) >= 11 is 0. The molecule has 1 aliphatic heterocycles. The normalized spacial score (nSPS) is 20.4. The number of nitrogens with two attached hydrogens (primary N) is 1. The van der Waals surface area contributed by atoms with Gasteiger partial charge in [0.05, 0.1) is 0 Å². The first-order valence-corrected chi connectivity index (χ1v) is 8.33. The number of aryl methyl sites for hydroxylation is 2. The molecule has 22 heavy (non-hydrogen) atoms. The van der Waals surface area contributed by atoms with Gasteiger partial charge >= 0.3 is 0 Å². The summed E-state index contributed by atoms with van der Waals surface area (Å²) in [7, 11) is 0. The summed E-state index contributed by atoms with van der Waals surface area (Å²) in [6, 6.07) is 6.96. The quantitative estimate of drug-likeness (QED) is 0.663. The summed E-state index contributed by atoms with van der Waals surface area (Å²) in [6.45, 7) is 11.9. The Morgan fingerprint density at radius 1 is 1.32 bits per heavy atom. The maximum Gasteiger partial charge on any atom is 0.193 e. The number of hydrogen-bond donors (Lipinski definition) is 2. The predicted molar refractivity (Wildman–Crippen MR) is 95.5 cm³/mol. The molecular weight excluding hydrogens is 272 g/mol. The van der Waals surface area contributed by atoms with Crippen molar-refractivity contribution in [1.29, 1.82) is 0 Å². The van der Waals surface area contributed by atoms with E-state index < -0.39 is 0 Å². The van der Waals surface area contributed by atoms with Gasteiger partial charge in [0, 0.05) is 24.8 Å². The molecule has 1 saturated heterocycles. The van der Waals surface area contributed by atoms with Crippen LogP contribution in [0.3, 0.4) is 0 Å². The Bertz CT molecular complexity index is 502. The van der Waals surface area contributed by atoms with Gasteiger partial charge in [-0.1, -0.05) is 6.07 Å². The van der Waals surface area contributed by atoms with Crippen LogP contribution in [-0.4, -0.2) is 36.5 Å². The van der Waals surface area contributed by atoms with Crippen LogP contribution < -0.4 is 11.1 Å². The van der Waals surface area contributed by atoms with Gasteiger partial charge in [-0.3, -0.25) is 4.99 Å². The van der Waals surface area contributed by atoms with Gasteiger partial charge in [0.15, 0.2) is 5.96 Å². The highest BCUT2D eigenvalue weighted by Crippen LogP contribution is 2.19. The number of benzene rings is 1. The van der Waals surface area contributed by atoms with Crippen LogP contribution in [0.4, 0.5) is 5.69 Å². The Labute approximate surface area is 134 Å². The van der Waals surface area contributed by atoms with E-state index in [0.717, 1.165) is 18.8 Å². The minimum Gasteiger partial charge on any atom is -0.370 e. The van der Waals surface area contributed by atoms with E-state index in [0.29, 0.717) is 17.9 Å². The average molecular weight is 302 g/mol. The Morgan fingerprint density at radius 3 is 2.64 bits per heavy atom. The minimum atomic E-state index is 0.520. The number of anilines is 1. The molecule has 1 aliphatic rings. The minimum absolute atomic E-state index is 0.520. The van der Waals surface area contributed by atoms with Crippen molar-refractivity contribution < 1.29 is 0 Å². The second-order valence-corrected chi connectivity index (χ2v) is 6.82. The predicted octanol–water partition coefficient (Wildman–Crippen LogP) is 3.15. The lowest BCUT2D eigenvalue weighted by Crippen LogP contribution is -2.41. The molecule has 1 aromatic rings. The molecule has 2 rings (SSSR count). The fourth-order valence-electron chi connectivity index (χ4n) is 3.18. The van der Waals surface area contributed by atoms with Gasteiger partial charge in [0.25, 0.3) is 0 Å². The van der Waals surface area contributed by atoms with Crippen LogP contribution in [0.2, 0.25) is 0 Å². The zero-order valence-corrected chi connectivity index (χ0v) is 14.4. The van der Waals surface area contributed by atoms with Crippen LogP contribution in [0.1, 0.15) is 37.8 Å². The van der Waals surface area contributed by atoms with E-state index in [1.54, 1.807) is 0 Å². The molecular formula is C18H30N4. The van der Waals surface area contributed by atoms with Crippen molar-refractivity contribution in [2.24, 2.45) is 16.6 Å². The summed E-state index contributed by atoms with van der Waals surface area (Å²) in [5.41, 5.74) is 9.53. The lowest BCUT2D eigenvalue weighted by Gasteiger charge is -2.34. The Hall–Kier alpha value is -1.55. The van der Waals surface area contributed by atoms with Crippen molar-refractivity contribution in [2.75, 3.05) is 25.0 Å². The summed E-state index contributed by atoms with van der Waals surface area (Å²) in [5, 5.41) is 3.21. The van der Waals surface area contributed by atoms with E-state index in [4.69, 9.17) is 5.73 Å². The Kier molecular flexibility index (Phi) is 5.83. The van der Waals surface area contributed by atoms with Crippen LogP contribution in [-0.2, 0) is 0 Å². The lowest BCUT2D eigenvalue weighted by atomic mass is 9.97. The topological polar surface area (TPSA) is 53.6 Å². The first kappa shape index (κ1) is 16.8. The molecule has 1 unspecified atom stereocenters. The fourth-order valence-corrected chi connectivity index (χ4v) is 3.18. The number of hydrogen-bond acceptors (Lipinski definition) is 2. The average Bonchev–Trinajstić information content (AvgIpc) is 2.44. The highest BCUT2D eigenvalue weighted by atomic mass is 15.2. The molecule has 3 N–H and O–H groups in total. The summed E-state index contributed by atoms with van der Waals surface area (Å²) in [5.74, 6) is 1.14. The van der Waals surface area contributed by atoms with Crippen LogP contribution in [0, 0.1) is 19.8 Å². The molecule has 4 heteroatoms. The number of likely N-dealkylation sites (tertiary alicyclic amines) is 1. The SMILES string of the molecule is Cc1cc(C)cc(NC(N)=NCC2CCCN(C(C)C)C2)c1. The van der Waals surface area contributed by atoms with Gasteiger partial charge < -0.3 is 16.0 Å². The number of rotatable bonds is 4. The third-order valence-corrected chi connectivity index (χ3v) is 4.29. The monoisotopic (exact) mass is 302 g/mol. The number of piperidine rings is 1. The van der Waals surface area contributed by atoms with Gasteiger partial charge in [-0.15, -0.1) is 0 Å². The lowest BCUT2D eigenvalue weighted by molar-refractivity contribution is 0.143. The summed E-state index contributed by atoms with van der Waals surface area (Å²) in [6.07, 6.45) is 2.52. The molecule has 1 aromatic carbocycles. The molecule has 4 nitrogen and oxygen atoms in total. The van der Waals surface area contributed by atoms with Crippen molar-refractivity contribution >= 4 is 11.6 Å². The van der Waals surface area contributed by atoms with Crippen LogP contribution in [0.5, 0.6) is 0 Å². The largest absolute Gasteiger partial charge is 0.370 e. The van der Waals surface area contributed by atoms with Crippen molar-refractivity contribution in [1.82, 2.24) is 4.90 Å². The second kappa shape index (κ2) is 7.63. The molecule has 0 radical (unpaired) electrons. The molecule has 0 spiro atoms. The van der Waals surface area contributed by atoms with Gasteiger partial charge in [-0.2, -0.15) is 0 Å². The highest BCUT2D eigenvalue weighted by Gasteiger charge is 2.21. The molecule has 122 valence electrons. The van der Waals surface area contributed by atoms with Crippen LogP contribution >= 0.6 is 0 Å². The van der Waals surface area contributed by atoms with E-state index in [1.807, 2.05) is 0 Å². The van der Waals surface area contributed by atoms with Crippen LogP contribution in [0.25, 0.3) is 0 Å². The summed E-state index contributed by atoms with van der Waals surface area (Å²) < 4.78 is 0. The molecule has 1 atom stereocenters. The molecule has 0 amide bonds. The smallest absolute Gasteiger partial charge is 0.193 e. The van der Waals surface area contributed by atoms with Crippen molar-refractivity contribution in [3.05, 3.63) is 29.3 Å². The summed E-state index contributed by atoms with van der Waals surface area (Å²) in [4.78, 5) is 7.09. The molecule has 1 fully saturated rings. The van der Waals surface area contributed by atoms with Crippen molar-refractivity contribution in [2.45, 2.75) is 46.6 Å². The molecule has 1 heterocycles. The van der Waals surface area contributed by atoms with Gasteiger partial charge in [0.2, 0.25) is 0 Å². The van der Waals surface area contributed by atoms with E-state index >= 15 is 0 Å². The molecule has 0 aromatic heterocycles. The van der Waals surface area contributed by atoms with Gasteiger partial charge in [-0.25, -0.2) is 0 Å². The van der Waals surface area contributed by atoms with Crippen molar-refractivity contribution in [3.63, 3.8) is 0 Å². The maximum absolute atomic E-state index is 6.04. The zero-order valence-electron chi connectivity index (χ0n) is 14.4. The highest BCUT2D eigenvalue weighted by molar-refractivity contribution is 5.92. The van der Waals surface area contributed by atoms with E-state index in [-0.39, 0.29) is 0 Å². The van der Waals surface area contributed by atoms with E-state index in [2.05, 4.69) is 61.1 Å². The standard InChI is InChI=1S/C18H30N4/c1-13(2)22-7-5-6-16(12-22)11-20-18(19)21-17-9-14(3)8-15(4)10-17/h8-10,13,16H,5-7,11-12H2,1-4H3,(H3,19,20,21). The van der Waals surface area contributed by atoms with E-state index in [9.17, 15) is 0 Å². The third kappa shape index (κ3) is 5.02. The Morgan fingerprint density at radius 2 is 2.00 bits per heavy atom.